The molecule has 1 aliphatic rings. The number of amides is 2. The molecule has 0 bridgehead atoms. The Morgan fingerprint density at radius 1 is 1.18 bits per heavy atom. The van der Waals surface area contributed by atoms with E-state index in [-0.39, 0.29) is 30.8 Å². The van der Waals surface area contributed by atoms with Gasteiger partial charge in [-0.2, -0.15) is 0 Å². The average molecular weight is 326 g/mol. The van der Waals surface area contributed by atoms with Gasteiger partial charge in [0.2, 0.25) is 11.8 Å². The molecule has 0 radical (unpaired) electrons. The minimum atomic E-state index is -0.119. The molecule has 122 valence electrons. The number of nitrogens with one attached hydrogen (secondary N) is 1. The normalized spacial score (nSPS) is 15.0. The summed E-state index contributed by atoms with van der Waals surface area (Å²) >= 11 is 0. The third kappa shape index (κ3) is 5.66. The van der Waals surface area contributed by atoms with Crippen molar-refractivity contribution in [1.29, 1.82) is 0 Å². The number of carbonyl (C=O) groups excluding carboxylic acids is 2. The van der Waals surface area contributed by atoms with E-state index in [1.54, 1.807) is 0 Å². The van der Waals surface area contributed by atoms with Crippen molar-refractivity contribution < 1.29 is 9.59 Å². The van der Waals surface area contributed by atoms with Crippen molar-refractivity contribution in [2.45, 2.75) is 19.3 Å². The third-order valence-electron chi connectivity index (χ3n) is 3.94. The maximum absolute atomic E-state index is 12.0. The van der Waals surface area contributed by atoms with Crippen LogP contribution in [0.5, 0.6) is 0 Å². The second kappa shape index (κ2) is 9.43. The molecule has 3 N–H and O–H groups in total. The molecule has 1 heterocycles. The first-order valence-electron chi connectivity index (χ1n) is 7.47. The number of hydrogen-bond donors (Lipinski definition) is 2. The van der Waals surface area contributed by atoms with Gasteiger partial charge in [0.15, 0.2) is 0 Å². The number of rotatable bonds is 5. The van der Waals surface area contributed by atoms with Gasteiger partial charge in [0.1, 0.15) is 0 Å². The molecule has 5 nitrogen and oxygen atoms in total. The van der Waals surface area contributed by atoms with Crippen LogP contribution in [0.15, 0.2) is 30.3 Å². The van der Waals surface area contributed by atoms with Gasteiger partial charge in [0.25, 0.3) is 0 Å². The van der Waals surface area contributed by atoms with Crippen LogP contribution in [0.2, 0.25) is 0 Å². The minimum Gasteiger partial charge on any atom is -0.347 e. The van der Waals surface area contributed by atoms with Crippen molar-refractivity contribution in [2.75, 3.05) is 26.2 Å². The molecular formula is C16H24ClN3O2. The second-order valence-electron chi connectivity index (χ2n) is 5.50. The zero-order chi connectivity index (χ0) is 15.1. The fraction of sp³-hybridized carbons (Fsp3) is 0.500. The molecular weight excluding hydrogens is 302 g/mol. The van der Waals surface area contributed by atoms with E-state index in [9.17, 15) is 9.59 Å². The highest BCUT2D eigenvalue weighted by Gasteiger charge is 2.21. The molecule has 1 fully saturated rings. The van der Waals surface area contributed by atoms with E-state index in [1.165, 1.54) is 0 Å². The maximum Gasteiger partial charge on any atom is 0.241 e. The topological polar surface area (TPSA) is 75.4 Å². The van der Waals surface area contributed by atoms with Crippen LogP contribution in [0, 0.1) is 5.92 Å². The maximum atomic E-state index is 12.0. The molecule has 6 heteroatoms. The summed E-state index contributed by atoms with van der Waals surface area (Å²) in [4.78, 5) is 25.6. The van der Waals surface area contributed by atoms with Crippen LogP contribution < -0.4 is 11.1 Å². The van der Waals surface area contributed by atoms with Crippen LogP contribution in [0.4, 0.5) is 0 Å². The van der Waals surface area contributed by atoms with E-state index in [1.807, 2.05) is 35.2 Å². The first-order valence-corrected chi connectivity index (χ1v) is 7.47. The van der Waals surface area contributed by atoms with Crippen LogP contribution in [0.1, 0.15) is 18.4 Å². The Morgan fingerprint density at radius 3 is 2.41 bits per heavy atom. The van der Waals surface area contributed by atoms with Crippen molar-refractivity contribution in [3.8, 4) is 0 Å². The summed E-state index contributed by atoms with van der Waals surface area (Å²) in [5.41, 5.74) is 6.59. The van der Waals surface area contributed by atoms with Gasteiger partial charge in [0, 0.05) is 13.1 Å². The van der Waals surface area contributed by atoms with E-state index in [2.05, 4.69) is 5.32 Å². The zero-order valence-electron chi connectivity index (χ0n) is 12.7. The summed E-state index contributed by atoms with van der Waals surface area (Å²) in [5, 5.41) is 2.70. The molecule has 0 aromatic heterocycles. The van der Waals surface area contributed by atoms with Crippen molar-refractivity contribution in [3.63, 3.8) is 0 Å². The Morgan fingerprint density at radius 2 is 1.82 bits per heavy atom. The fourth-order valence-electron chi connectivity index (χ4n) is 2.55. The van der Waals surface area contributed by atoms with Gasteiger partial charge in [-0.05, 0) is 30.9 Å². The van der Waals surface area contributed by atoms with Crippen LogP contribution >= 0.6 is 12.4 Å². The Balaban J connectivity index is 0.00000242. The van der Waals surface area contributed by atoms with Crippen molar-refractivity contribution in [3.05, 3.63) is 35.9 Å². The predicted molar refractivity (Wildman–Crippen MR) is 88.8 cm³/mol. The highest BCUT2D eigenvalue weighted by atomic mass is 35.5. The number of benzene rings is 1. The van der Waals surface area contributed by atoms with Crippen LogP contribution in [0.25, 0.3) is 0 Å². The Labute approximate surface area is 137 Å². The second-order valence-corrected chi connectivity index (χ2v) is 5.50. The highest BCUT2D eigenvalue weighted by Crippen LogP contribution is 2.15. The molecule has 0 unspecified atom stereocenters. The van der Waals surface area contributed by atoms with Gasteiger partial charge in [-0.3, -0.25) is 9.59 Å². The Kier molecular flexibility index (Phi) is 7.91. The Hall–Kier alpha value is -1.59. The third-order valence-corrected chi connectivity index (χ3v) is 3.94. The molecule has 22 heavy (non-hydrogen) atoms. The van der Waals surface area contributed by atoms with Crippen molar-refractivity contribution in [2.24, 2.45) is 11.7 Å². The largest absolute Gasteiger partial charge is 0.347 e. The summed E-state index contributed by atoms with van der Waals surface area (Å²) in [7, 11) is 0. The number of likely N-dealkylation sites (tertiary alicyclic amines) is 1. The highest BCUT2D eigenvalue weighted by molar-refractivity contribution is 5.86. The first kappa shape index (κ1) is 18.5. The molecule has 0 aliphatic carbocycles. The summed E-state index contributed by atoms with van der Waals surface area (Å²) < 4.78 is 0. The van der Waals surface area contributed by atoms with Gasteiger partial charge >= 0.3 is 0 Å². The molecule has 1 saturated heterocycles. The predicted octanol–water partition coefficient (Wildman–Crippen LogP) is 0.964. The smallest absolute Gasteiger partial charge is 0.241 e. The summed E-state index contributed by atoms with van der Waals surface area (Å²) in [6.45, 7) is 2.26. The lowest BCUT2D eigenvalue weighted by atomic mass is 9.97. The number of nitrogens with zero attached hydrogens (tertiary/aromatic N) is 1. The standard InChI is InChI=1S/C16H23N3O2.ClH/c17-11-14-6-8-19(9-7-14)16(21)12-18-15(20)10-13-4-2-1-3-5-13;/h1-5,14H,6-12,17H2,(H,18,20);1H. The number of halogens is 1. The lowest BCUT2D eigenvalue weighted by Crippen LogP contribution is -2.45. The van der Waals surface area contributed by atoms with Gasteiger partial charge in [-0.25, -0.2) is 0 Å². The summed E-state index contributed by atoms with van der Waals surface area (Å²) in [5.74, 6) is 0.403. The number of piperidine rings is 1. The van der Waals surface area contributed by atoms with E-state index in [0.29, 0.717) is 18.9 Å². The van der Waals surface area contributed by atoms with Gasteiger partial charge in [-0.1, -0.05) is 30.3 Å². The molecule has 0 saturated carbocycles. The monoisotopic (exact) mass is 325 g/mol. The molecule has 2 amide bonds. The molecule has 0 atom stereocenters. The lowest BCUT2D eigenvalue weighted by Gasteiger charge is -2.31. The van der Waals surface area contributed by atoms with Gasteiger partial charge < -0.3 is 16.0 Å². The zero-order valence-corrected chi connectivity index (χ0v) is 13.5. The van der Waals surface area contributed by atoms with E-state index in [4.69, 9.17) is 5.73 Å². The van der Waals surface area contributed by atoms with Crippen LogP contribution in [-0.4, -0.2) is 42.9 Å². The molecule has 2 rings (SSSR count). The van der Waals surface area contributed by atoms with E-state index < -0.39 is 0 Å². The number of carbonyl (C=O) groups is 2. The Bertz CT molecular complexity index is 474. The first-order chi connectivity index (χ1) is 10.2. The molecule has 0 spiro atoms. The minimum absolute atomic E-state index is 0. The average Bonchev–Trinajstić information content (AvgIpc) is 2.53. The number of nitrogens with two attached hydrogens (primary N) is 1. The molecule has 1 aromatic rings. The lowest BCUT2D eigenvalue weighted by molar-refractivity contribution is -0.133. The van der Waals surface area contributed by atoms with E-state index >= 15 is 0 Å². The fourth-order valence-corrected chi connectivity index (χ4v) is 2.55. The summed E-state index contributed by atoms with van der Waals surface area (Å²) in [6, 6.07) is 9.51. The van der Waals surface area contributed by atoms with E-state index in [0.717, 1.165) is 31.5 Å². The van der Waals surface area contributed by atoms with Crippen LogP contribution in [0.3, 0.4) is 0 Å². The van der Waals surface area contributed by atoms with Crippen molar-refractivity contribution >= 4 is 24.2 Å². The molecule has 1 aliphatic heterocycles. The van der Waals surface area contributed by atoms with Crippen LogP contribution in [-0.2, 0) is 16.0 Å². The van der Waals surface area contributed by atoms with Crippen molar-refractivity contribution in [1.82, 2.24) is 10.2 Å². The van der Waals surface area contributed by atoms with Gasteiger partial charge in [-0.15, -0.1) is 12.4 Å². The SMILES string of the molecule is Cl.NCC1CCN(C(=O)CNC(=O)Cc2ccccc2)CC1. The quantitative estimate of drug-likeness (QED) is 0.847. The number of hydrogen-bond acceptors (Lipinski definition) is 3. The summed E-state index contributed by atoms with van der Waals surface area (Å²) in [6.07, 6.45) is 2.23. The molecule has 1 aromatic carbocycles. The van der Waals surface area contributed by atoms with Gasteiger partial charge in [0.05, 0.1) is 13.0 Å².